The van der Waals surface area contributed by atoms with Crippen molar-refractivity contribution in [1.82, 2.24) is 10.6 Å². The van der Waals surface area contributed by atoms with Gasteiger partial charge < -0.3 is 19.5 Å². The van der Waals surface area contributed by atoms with Crippen molar-refractivity contribution < 1.29 is 33.4 Å². The van der Waals surface area contributed by atoms with E-state index in [9.17, 15) is 19.2 Å². The van der Waals surface area contributed by atoms with Gasteiger partial charge in [-0.05, 0) is 33.6 Å². The van der Waals surface area contributed by atoms with E-state index in [2.05, 4.69) is 10.1 Å². The molecule has 3 amide bonds. The second-order valence-corrected chi connectivity index (χ2v) is 12.1. The monoisotopic (exact) mass is 564 g/mol. The van der Waals surface area contributed by atoms with Crippen LogP contribution in [-0.2, 0) is 23.8 Å². The van der Waals surface area contributed by atoms with E-state index in [1.165, 1.54) is 0 Å². The summed E-state index contributed by atoms with van der Waals surface area (Å²) < 4.78 is 10.9. The summed E-state index contributed by atoms with van der Waals surface area (Å²) in [6.45, 7) is 3.80. The first-order chi connectivity index (χ1) is 13.9. The molecule has 0 saturated heterocycles. The molecular weight excluding hydrogens is 545 g/mol. The molecule has 0 spiro atoms. The lowest BCUT2D eigenvalue weighted by molar-refractivity contribution is -0.157. The van der Waals surface area contributed by atoms with Crippen molar-refractivity contribution in [2.24, 2.45) is 0 Å². The molecular formula is C16H22Cl6N2O7. The molecule has 0 aromatic carbocycles. The largest absolute Gasteiger partial charge is 0.458 e. The Kier molecular flexibility index (Phi) is 13.0. The molecule has 0 aromatic rings. The number of hydrogen-bond acceptors (Lipinski definition) is 7. The SMILES string of the molecule is CC(C)(C)OC(=O)[C@H](CCCC(=O)NC(=O)OCC(Cl)(Cl)Cl)NC(=O)OCC(Cl)(Cl)Cl. The molecule has 15 heteroatoms. The fraction of sp³-hybridized carbons (Fsp3) is 0.750. The van der Waals surface area contributed by atoms with Gasteiger partial charge in [0.1, 0.15) is 24.9 Å². The van der Waals surface area contributed by atoms with E-state index in [4.69, 9.17) is 79.1 Å². The molecule has 0 aliphatic heterocycles. The van der Waals surface area contributed by atoms with Crippen molar-refractivity contribution in [3.63, 3.8) is 0 Å². The van der Waals surface area contributed by atoms with Crippen LogP contribution in [0.3, 0.4) is 0 Å². The predicted octanol–water partition coefficient (Wildman–Crippen LogP) is 4.59. The number of amides is 3. The van der Waals surface area contributed by atoms with Crippen LogP contribution in [0.5, 0.6) is 0 Å². The van der Waals surface area contributed by atoms with Crippen LogP contribution in [0.4, 0.5) is 9.59 Å². The van der Waals surface area contributed by atoms with Crippen molar-refractivity contribution in [1.29, 1.82) is 0 Å². The van der Waals surface area contributed by atoms with Gasteiger partial charge in [-0.25, -0.2) is 14.4 Å². The topological polar surface area (TPSA) is 120 Å². The number of esters is 1. The summed E-state index contributed by atoms with van der Waals surface area (Å²) in [7, 11) is 0. The molecule has 180 valence electrons. The lowest BCUT2D eigenvalue weighted by Crippen LogP contribution is -2.45. The van der Waals surface area contributed by atoms with Crippen molar-refractivity contribution in [2.45, 2.75) is 59.3 Å². The van der Waals surface area contributed by atoms with Gasteiger partial charge in [0.2, 0.25) is 13.5 Å². The van der Waals surface area contributed by atoms with Gasteiger partial charge in [0, 0.05) is 6.42 Å². The smallest absolute Gasteiger partial charge is 0.413 e. The minimum Gasteiger partial charge on any atom is -0.458 e. The zero-order valence-electron chi connectivity index (χ0n) is 16.7. The first kappa shape index (κ1) is 30.4. The second kappa shape index (κ2) is 13.2. The van der Waals surface area contributed by atoms with Crippen LogP contribution in [0.15, 0.2) is 0 Å². The number of carbonyl (C=O) groups is 4. The molecule has 31 heavy (non-hydrogen) atoms. The standard InChI is InChI=1S/C16H22Cl6N2O7/c1-14(2,3)31-11(26)9(23-12(27)29-7-15(17,18)19)5-4-6-10(25)24-13(28)30-8-16(20,21)22/h9H,4-8H2,1-3H3,(H,23,27)(H,24,25,28)/t9-/m0/s1. The van der Waals surface area contributed by atoms with Gasteiger partial charge in [0.25, 0.3) is 0 Å². The molecule has 1 atom stereocenters. The van der Waals surface area contributed by atoms with E-state index in [0.29, 0.717) is 0 Å². The number of ether oxygens (including phenoxy) is 3. The van der Waals surface area contributed by atoms with Crippen molar-refractivity contribution >= 4 is 93.7 Å². The number of alkyl halides is 6. The second-order valence-electron chi connectivity index (χ2n) is 7.05. The van der Waals surface area contributed by atoms with Crippen LogP contribution in [-0.4, -0.2) is 56.5 Å². The predicted molar refractivity (Wildman–Crippen MR) is 118 cm³/mol. The van der Waals surface area contributed by atoms with Crippen LogP contribution < -0.4 is 10.6 Å². The Bertz CT molecular complexity index is 644. The van der Waals surface area contributed by atoms with E-state index in [0.717, 1.165) is 0 Å². The normalized spacial score (nSPS) is 13.1. The minimum atomic E-state index is -1.83. The summed E-state index contributed by atoms with van der Waals surface area (Å²) in [5, 5.41) is 4.21. The van der Waals surface area contributed by atoms with Gasteiger partial charge >= 0.3 is 18.2 Å². The summed E-state index contributed by atoms with van der Waals surface area (Å²) in [5.74, 6) is -1.48. The highest BCUT2D eigenvalue weighted by atomic mass is 35.6. The summed E-state index contributed by atoms with van der Waals surface area (Å²) in [6, 6.07) is -1.16. The Labute approximate surface area is 209 Å². The van der Waals surface area contributed by atoms with Crippen molar-refractivity contribution in [2.75, 3.05) is 13.2 Å². The van der Waals surface area contributed by atoms with E-state index in [-0.39, 0.29) is 19.3 Å². The lowest BCUT2D eigenvalue weighted by Gasteiger charge is -2.24. The van der Waals surface area contributed by atoms with Gasteiger partial charge in [-0.3, -0.25) is 10.1 Å². The molecule has 0 unspecified atom stereocenters. The third kappa shape index (κ3) is 18.7. The zero-order chi connectivity index (χ0) is 24.5. The van der Waals surface area contributed by atoms with Crippen LogP contribution in [0.25, 0.3) is 0 Å². The summed E-state index contributed by atoms with van der Waals surface area (Å²) in [4.78, 5) is 47.5. The van der Waals surface area contributed by atoms with Gasteiger partial charge in [0.15, 0.2) is 0 Å². The van der Waals surface area contributed by atoms with Crippen molar-refractivity contribution in [3.05, 3.63) is 0 Å². The maximum atomic E-state index is 12.3. The lowest BCUT2D eigenvalue weighted by atomic mass is 10.1. The average Bonchev–Trinajstić information content (AvgIpc) is 2.54. The molecule has 0 bridgehead atoms. The molecule has 9 nitrogen and oxygen atoms in total. The highest BCUT2D eigenvalue weighted by molar-refractivity contribution is 6.68. The fourth-order valence-electron chi connectivity index (χ4n) is 1.78. The first-order valence-electron chi connectivity index (χ1n) is 8.64. The van der Waals surface area contributed by atoms with E-state index in [1.54, 1.807) is 20.8 Å². The third-order valence-electron chi connectivity index (χ3n) is 2.86. The quantitative estimate of drug-likeness (QED) is 0.250. The van der Waals surface area contributed by atoms with Crippen LogP contribution in [0.1, 0.15) is 40.0 Å². The summed E-state index contributed by atoms with van der Waals surface area (Å²) in [6.07, 6.45) is -2.25. The molecule has 0 aliphatic carbocycles. The van der Waals surface area contributed by atoms with Gasteiger partial charge in [-0.2, -0.15) is 0 Å². The van der Waals surface area contributed by atoms with Crippen LogP contribution in [0, 0.1) is 0 Å². The Hall–Kier alpha value is -0.580. The molecule has 0 rings (SSSR count). The summed E-state index contributed by atoms with van der Waals surface area (Å²) >= 11 is 32.8. The number of imide groups is 1. The average molecular weight is 567 g/mol. The highest BCUT2D eigenvalue weighted by Crippen LogP contribution is 2.26. The highest BCUT2D eigenvalue weighted by Gasteiger charge is 2.29. The maximum absolute atomic E-state index is 12.3. The van der Waals surface area contributed by atoms with E-state index in [1.807, 2.05) is 5.32 Å². The fourth-order valence-corrected chi connectivity index (χ4v) is 2.11. The number of rotatable bonds is 8. The molecule has 0 fully saturated rings. The Morgan fingerprint density at radius 3 is 1.77 bits per heavy atom. The first-order valence-corrected chi connectivity index (χ1v) is 10.9. The number of hydrogen-bond donors (Lipinski definition) is 2. The molecule has 0 saturated carbocycles. The molecule has 0 aliphatic rings. The zero-order valence-corrected chi connectivity index (χ0v) is 21.3. The van der Waals surface area contributed by atoms with Gasteiger partial charge in [0.05, 0.1) is 0 Å². The number of carbonyl (C=O) groups excluding carboxylic acids is 4. The van der Waals surface area contributed by atoms with Crippen LogP contribution >= 0.6 is 69.6 Å². The Morgan fingerprint density at radius 2 is 1.32 bits per heavy atom. The Balaban J connectivity index is 4.72. The number of alkyl carbamates (subject to hydrolysis) is 2. The maximum Gasteiger partial charge on any atom is 0.413 e. The number of nitrogens with one attached hydrogen (secondary N) is 2. The molecule has 0 aromatic heterocycles. The molecule has 0 heterocycles. The van der Waals surface area contributed by atoms with Gasteiger partial charge in [-0.15, -0.1) is 0 Å². The third-order valence-corrected chi connectivity index (χ3v) is 3.51. The van der Waals surface area contributed by atoms with Crippen LogP contribution in [0.2, 0.25) is 0 Å². The summed E-state index contributed by atoms with van der Waals surface area (Å²) in [5.41, 5.74) is -0.831. The minimum absolute atomic E-state index is 0.0194. The van der Waals surface area contributed by atoms with Crippen molar-refractivity contribution in [3.8, 4) is 0 Å². The number of halogens is 6. The Morgan fingerprint density at radius 1 is 0.839 bits per heavy atom. The van der Waals surface area contributed by atoms with E-state index >= 15 is 0 Å². The molecule has 2 N–H and O–H groups in total. The molecule has 0 radical (unpaired) electrons. The van der Waals surface area contributed by atoms with Gasteiger partial charge in [-0.1, -0.05) is 69.6 Å². The van der Waals surface area contributed by atoms with E-state index < -0.39 is 56.5 Å².